The number of rotatable bonds is 12. The maximum Gasteiger partial charge on any atom is 0.245 e. The number of hydrogen-bond donors (Lipinski definition) is 3. The molecule has 0 saturated carbocycles. The number of hydrogen-bond acceptors (Lipinski definition) is 5. The molecular formula is C28H36N4O5. The molecule has 3 unspecified atom stereocenters. The van der Waals surface area contributed by atoms with E-state index in [0.717, 1.165) is 11.1 Å². The Morgan fingerprint density at radius 2 is 1.76 bits per heavy atom. The summed E-state index contributed by atoms with van der Waals surface area (Å²) in [7, 11) is 0. The number of carbonyl (C=O) groups excluding carboxylic acids is 4. The minimum atomic E-state index is -0.774. The van der Waals surface area contributed by atoms with Gasteiger partial charge in [0.15, 0.2) is 0 Å². The first kappa shape index (κ1) is 27.7. The Labute approximate surface area is 217 Å². The average molecular weight is 509 g/mol. The van der Waals surface area contributed by atoms with Crippen molar-refractivity contribution in [2.75, 3.05) is 13.1 Å². The van der Waals surface area contributed by atoms with Crippen LogP contribution in [-0.2, 0) is 32.2 Å². The van der Waals surface area contributed by atoms with E-state index >= 15 is 0 Å². The van der Waals surface area contributed by atoms with Gasteiger partial charge in [-0.3, -0.25) is 19.2 Å². The van der Waals surface area contributed by atoms with Crippen LogP contribution in [0.3, 0.4) is 0 Å². The number of amides is 4. The third kappa shape index (κ3) is 8.93. The highest BCUT2D eigenvalue weighted by Gasteiger charge is 2.32. The van der Waals surface area contributed by atoms with Crippen molar-refractivity contribution in [3.63, 3.8) is 0 Å². The number of likely N-dealkylation sites (tertiary alicyclic amines) is 1. The molecule has 2 aromatic rings. The summed E-state index contributed by atoms with van der Waals surface area (Å²) in [5.41, 5.74) is 7.23. The largest absolute Gasteiger partial charge is 0.489 e. The Balaban J connectivity index is 1.64. The zero-order valence-corrected chi connectivity index (χ0v) is 21.4. The Morgan fingerprint density at radius 1 is 1.05 bits per heavy atom. The van der Waals surface area contributed by atoms with Gasteiger partial charge in [0.05, 0.1) is 0 Å². The van der Waals surface area contributed by atoms with Crippen molar-refractivity contribution in [2.24, 2.45) is 11.7 Å². The Hall–Kier alpha value is -3.88. The van der Waals surface area contributed by atoms with Gasteiger partial charge in [0, 0.05) is 44.8 Å². The highest BCUT2D eigenvalue weighted by Crippen LogP contribution is 2.18. The van der Waals surface area contributed by atoms with Crippen LogP contribution in [0, 0.1) is 5.92 Å². The number of benzene rings is 2. The summed E-state index contributed by atoms with van der Waals surface area (Å²) in [5.74, 6) is -0.836. The maximum absolute atomic E-state index is 13.4. The molecule has 1 fully saturated rings. The molecule has 0 spiro atoms. The van der Waals surface area contributed by atoms with Gasteiger partial charge in [-0.15, -0.1) is 0 Å². The summed E-state index contributed by atoms with van der Waals surface area (Å²) in [6, 6.07) is 16.4. The summed E-state index contributed by atoms with van der Waals surface area (Å²) in [5, 5.41) is 5.70. The molecule has 1 heterocycles. The second kappa shape index (κ2) is 13.4. The molecule has 1 saturated heterocycles. The van der Waals surface area contributed by atoms with Crippen molar-refractivity contribution in [2.45, 2.75) is 58.2 Å². The predicted molar refractivity (Wildman–Crippen MR) is 139 cm³/mol. The molecule has 0 radical (unpaired) electrons. The Kier molecular flexibility index (Phi) is 10.1. The lowest BCUT2D eigenvalue weighted by atomic mass is 10.0. The molecule has 4 N–H and O–H groups in total. The molecule has 2 aromatic carbocycles. The van der Waals surface area contributed by atoms with E-state index in [0.29, 0.717) is 44.7 Å². The van der Waals surface area contributed by atoms with Crippen LogP contribution in [0.1, 0.15) is 44.2 Å². The topological polar surface area (TPSA) is 131 Å². The highest BCUT2D eigenvalue weighted by molar-refractivity contribution is 5.88. The SMILES string of the molecule is CC(=O)NC1CCN(C(=O)C(Cc2ccc(OCc3ccccc3)cc2)NC(=O)CCC(C)C(N)=O)C1. The molecule has 1 aliphatic heterocycles. The van der Waals surface area contributed by atoms with E-state index in [2.05, 4.69) is 10.6 Å². The van der Waals surface area contributed by atoms with Gasteiger partial charge in [-0.05, 0) is 36.1 Å². The van der Waals surface area contributed by atoms with Gasteiger partial charge in [-0.1, -0.05) is 49.4 Å². The molecule has 3 rings (SSSR count). The number of nitrogens with zero attached hydrogens (tertiary/aromatic N) is 1. The molecule has 0 aromatic heterocycles. The number of nitrogens with two attached hydrogens (primary N) is 1. The summed E-state index contributed by atoms with van der Waals surface area (Å²) in [6.07, 6.45) is 1.37. The van der Waals surface area contributed by atoms with Crippen molar-refractivity contribution in [1.29, 1.82) is 0 Å². The van der Waals surface area contributed by atoms with Crippen LogP contribution >= 0.6 is 0 Å². The molecule has 3 atom stereocenters. The van der Waals surface area contributed by atoms with E-state index in [1.54, 1.807) is 11.8 Å². The van der Waals surface area contributed by atoms with Crippen molar-refractivity contribution in [3.8, 4) is 5.75 Å². The zero-order chi connectivity index (χ0) is 26.8. The van der Waals surface area contributed by atoms with E-state index in [9.17, 15) is 19.2 Å². The fraction of sp³-hybridized carbons (Fsp3) is 0.429. The fourth-order valence-corrected chi connectivity index (χ4v) is 4.24. The van der Waals surface area contributed by atoms with Gasteiger partial charge < -0.3 is 26.0 Å². The Bertz CT molecular complexity index is 1070. The van der Waals surface area contributed by atoms with Gasteiger partial charge in [-0.2, -0.15) is 0 Å². The number of ether oxygens (including phenoxy) is 1. The molecule has 37 heavy (non-hydrogen) atoms. The van der Waals surface area contributed by atoms with E-state index in [-0.39, 0.29) is 30.2 Å². The summed E-state index contributed by atoms with van der Waals surface area (Å²) in [6.45, 7) is 4.47. The molecule has 0 aliphatic carbocycles. The highest BCUT2D eigenvalue weighted by atomic mass is 16.5. The van der Waals surface area contributed by atoms with Crippen LogP contribution in [0.4, 0.5) is 0 Å². The average Bonchev–Trinajstić information content (AvgIpc) is 3.34. The van der Waals surface area contributed by atoms with E-state index in [1.807, 2.05) is 54.6 Å². The minimum absolute atomic E-state index is 0.0919. The van der Waals surface area contributed by atoms with Gasteiger partial charge in [0.1, 0.15) is 18.4 Å². The van der Waals surface area contributed by atoms with E-state index in [1.165, 1.54) is 6.92 Å². The third-order valence-corrected chi connectivity index (χ3v) is 6.44. The molecular weight excluding hydrogens is 472 g/mol. The predicted octanol–water partition coefficient (Wildman–Crippen LogP) is 1.93. The fourth-order valence-electron chi connectivity index (χ4n) is 4.24. The number of primary amides is 1. The first-order valence-corrected chi connectivity index (χ1v) is 12.6. The van der Waals surface area contributed by atoms with Crippen LogP contribution in [-0.4, -0.2) is 53.7 Å². The van der Waals surface area contributed by atoms with Crippen LogP contribution in [0.2, 0.25) is 0 Å². The van der Waals surface area contributed by atoms with E-state index < -0.39 is 17.9 Å². The monoisotopic (exact) mass is 508 g/mol. The third-order valence-electron chi connectivity index (χ3n) is 6.44. The summed E-state index contributed by atoms with van der Waals surface area (Å²) < 4.78 is 5.85. The Morgan fingerprint density at radius 3 is 2.41 bits per heavy atom. The zero-order valence-electron chi connectivity index (χ0n) is 21.4. The van der Waals surface area contributed by atoms with Crippen molar-refractivity contribution >= 4 is 23.6 Å². The minimum Gasteiger partial charge on any atom is -0.489 e. The number of carbonyl (C=O) groups is 4. The van der Waals surface area contributed by atoms with Crippen LogP contribution in [0.15, 0.2) is 54.6 Å². The second-order valence-electron chi connectivity index (χ2n) is 9.55. The van der Waals surface area contributed by atoms with Gasteiger partial charge in [0.2, 0.25) is 23.6 Å². The van der Waals surface area contributed by atoms with Gasteiger partial charge in [-0.25, -0.2) is 0 Å². The first-order chi connectivity index (χ1) is 17.7. The molecule has 1 aliphatic rings. The van der Waals surface area contributed by atoms with Crippen molar-refractivity contribution in [1.82, 2.24) is 15.5 Å². The molecule has 0 bridgehead atoms. The normalized spacial score (nSPS) is 16.5. The lowest BCUT2D eigenvalue weighted by Crippen LogP contribution is -2.50. The van der Waals surface area contributed by atoms with Crippen LogP contribution in [0.25, 0.3) is 0 Å². The standard InChI is InChI=1S/C28H36N4O5/c1-19(27(29)35)8-13-26(34)31-25(28(36)32-15-14-23(17-32)30-20(2)33)16-21-9-11-24(12-10-21)37-18-22-6-4-3-5-7-22/h3-7,9-12,19,23,25H,8,13-18H2,1-2H3,(H2,29,35)(H,30,33)(H,31,34). The van der Waals surface area contributed by atoms with E-state index in [4.69, 9.17) is 10.5 Å². The summed E-state index contributed by atoms with van der Waals surface area (Å²) in [4.78, 5) is 50.4. The maximum atomic E-state index is 13.4. The van der Waals surface area contributed by atoms with Crippen molar-refractivity contribution in [3.05, 3.63) is 65.7 Å². The quantitative estimate of drug-likeness (QED) is 0.403. The van der Waals surface area contributed by atoms with Crippen molar-refractivity contribution < 1.29 is 23.9 Å². The molecule has 4 amide bonds. The van der Waals surface area contributed by atoms with Crippen LogP contribution in [0.5, 0.6) is 5.75 Å². The molecule has 9 nitrogen and oxygen atoms in total. The van der Waals surface area contributed by atoms with Gasteiger partial charge in [0.25, 0.3) is 0 Å². The van der Waals surface area contributed by atoms with Crippen LogP contribution < -0.4 is 21.1 Å². The first-order valence-electron chi connectivity index (χ1n) is 12.6. The lowest BCUT2D eigenvalue weighted by molar-refractivity contribution is -0.136. The number of nitrogens with one attached hydrogen (secondary N) is 2. The molecule has 198 valence electrons. The smallest absolute Gasteiger partial charge is 0.245 e. The lowest BCUT2D eigenvalue weighted by Gasteiger charge is -2.25. The molecule has 9 heteroatoms. The second-order valence-corrected chi connectivity index (χ2v) is 9.55. The van der Waals surface area contributed by atoms with Gasteiger partial charge >= 0.3 is 0 Å². The summed E-state index contributed by atoms with van der Waals surface area (Å²) >= 11 is 0.